The van der Waals surface area contributed by atoms with E-state index in [0.717, 1.165) is 11.1 Å². The molecule has 2 N–H and O–H groups in total. The predicted molar refractivity (Wildman–Crippen MR) is 82.7 cm³/mol. The summed E-state index contributed by atoms with van der Waals surface area (Å²) in [7, 11) is 0. The topological polar surface area (TPSA) is 43.1 Å². The van der Waals surface area contributed by atoms with Gasteiger partial charge in [0.25, 0.3) is 0 Å². The van der Waals surface area contributed by atoms with Crippen molar-refractivity contribution in [3.63, 3.8) is 0 Å². The van der Waals surface area contributed by atoms with Crippen molar-refractivity contribution in [2.45, 2.75) is 26.8 Å². The Morgan fingerprint density at radius 2 is 1.76 bits per heavy atom. The Balaban J connectivity index is 2.32. The quantitative estimate of drug-likeness (QED) is 0.864. The Hall–Kier alpha value is -2.00. The Kier molecular flexibility index (Phi) is 4.53. The minimum absolute atomic E-state index is 0.152. The van der Waals surface area contributed by atoms with Crippen LogP contribution in [0.25, 0.3) is 0 Å². The maximum atomic E-state index is 14.1. The predicted octanol–water partition coefficient (Wildman–Crippen LogP) is 3.96. The second-order valence-corrected chi connectivity index (χ2v) is 5.53. The number of ketones is 1. The molecule has 2 aromatic carbocycles. The molecule has 0 aliphatic rings. The Morgan fingerprint density at radius 3 is 2.33 bits per heavy atom. The number of rotatable bonds is 4. The minimum Gasteiger partial charge on any atom is -0.323 e. The lowest BCUT2D eigenvalue weighted by molar-refractivity contribution is 0.0908. The van der Waals surface area contributed by atoms with E-state index in [1.54, 1.807) is 13.8 Å². The average molecular weight is 285 g/mol. The molecular formula is C18H20FNO. The van der Waals surface area contributed by atoms with Crippen molar-refractivity contribution in [3.05, 3.63) is 70.5 Å². The Labute approximate surface area is 124 Å². The third kappa shape index (κ3) is 3.19. The first-order valence-electron chi connectivity index (χ1n) is 7.03. The Bertz CT molecular complexity index is 629. The zero-order chi connectivity index (χ0) is 15.6. The van der Waals surface area contributed by atoms with Crippen molar-refractivity contribution in [3.8, 4) is 0 Å². The van der Waals surface area contributed by atoms with Crippen LogP contribution >= 0.6 is 0 Å². The van der Waals surface area contributed by atoms with Crippen LogP contribution in [0.5, 0.6) is 0 Å². The summed E-state index contributed by atoms with van der Waals surface area (Å²) < 4.78 is 14.1. The van der Waals surface area contributed by atoms with Crippen LogP contribution in [0, 0.1) is 25.6 Å². The summed E-state index contributed by atoms with van der Waals surface area (Å²) in [4.78, 5) is 12.6. The van der Waals surface area contributed by atoms with Gasteiger partial charge in [-0.05, 0) is 36.6 Å². The van der Waals surface area contributed by atoms with E-state index in [9.17, 15) is 9.18 Å². The first kappa shape index (κ1) is 15.4. The molecule has 0 saturated heterocycles. The third-order valence-electron chi connectivity index (χ3n) is 3.81. The number of aryl methyl sites for hydroxylation is 2. The molecule has 2 nitrogen and oxygen atoms in total. The lowest BCUT2D eigenvalue weighted by atomic mass is 9.86. The number of carbonyl (C=O) groups is 1. The molecule has 0 fully saturated rings. The molecule has 0 aliphatic heterocycles. The van der Waals surface area contributed by atoms with Crippen molar-refractivity contribution in [1.29, 1.82) is 0 Å². The van der Waals surface area contributed by atoms with Crippen LogP contribution < -0.4 is 5.73 Å². The van der Waals surface area contributed by atoms with E-state index < -0.39 is 17.8 Å². The fourth-order valence-electron chi connectivity index (χ4n) is 2.58. The van der Waals surface area contributed by atoms with Gasteiger partial charge in [-0.3, -0.25) is 4.79 Å². The number of benzene rings is 2. The number of hydrogen-bond donors (Lipinski definition) is 1. The molecule has 2 rings (SSSR count). The highest BCUT2D eigenvalue weighted by atomic mass is 19.1. The summed E-state index contributed by atoms with van der Waals surface area (Å²) in [5.41, 5.74) is 8.66. The van der Waals surface area contributed by atoms with E-state index in [4.69, 9.17) is 5.73 Å². The van der Waals surface area contributed by atoms with Gasteiger partial charge in [-0.2, -0.15) is 0 Å². The highest BCUT2D eigenvalue weighted by Gasteiger charge is 2.26. The summed E-state index contributed by atoms with van der Waals surface area (Å²) in [6.45, 7) is 5.31. The molecule has 0 radical (unpaired) electrons. The summed E-state index contributed by atoms with van der Waals surface area (Å²) in [6.07, 6.45) is 0. The molecule has 0 amide bonds. The summed E-state index contributed by atoms with van der Waals surface area (Å²) >= 11 is 0. The van der Waals surface area contributed by atoms with Gasteiger partial charge >= 0.3 is 0 Å². The van der Waals surface area contributed by atoms with Gasteiger partial charge in [-0.25, -0.2) is 4.39 Å². The highest BCUT2D eigenvalue weighted by molar-refractivity contribution is 5.99. The molecule has 0 spiro atoms. The minimum atomic E-state index is -0.483. The molecule has 2 unspecified atom stereocenters. The lowest BCUT2D eigenvalue weighted by Crippen LogP contribution is -2.27. The van der Waals surface area contributed by atoms with Gasteiger partial charge in [0, 0.05) is 12.0 Å². The van der Waals surface area contributed by atoms with Crippen LogP contribution in [0.3, 0.4) is 0 Å². The van der Waals surface area contributed by atoms with E-state index in [1.807, 2.05) is 43.3 Å². The normalized spacial score (nSPS) is 13.8. The zero-order valence-electron chi connectivity index (χ0n) is 12.6. The monoisotopic (exact) mass is 285 g/mol. The maximum absolute atomic E-state index is 14.1. The van der Waals surface area contributed by atoms with Crippen molar-refractivity contribution in [1.82, 2.24) is 0 Å². The first-order valence-corrected chi connectivity index (χ1v) is 7.03. The van der Waals surface area contributed by atoms with Crippen LogP contribution in [0.4, 0.5) is 4.39 Å². The molecule has 2 atom stereocenters. The molecule has 3 heteroatoms. The molecule has 0 saturated carbocycles. The average Bonchev–Trinajstić information content (AvgIpc) is 2.45. The van der Waals surface area contributed by atoms with Gasteiger partial charge in [-0.15, -0.1) is 0 Å². The largest absolute Gasteiger partial charge is 0.323 e. The molecule has 0 heterocycles. The van der Waals surface area contributed by atoms with Crippen LogP contribution in [0.1, 0.15) is 40.0 Å². The number of carbonyl (C=O) groups excluding carboxylic acids is 1. The van der Waals surface area contributed by atoms with Crippen molar-refractivity contribution >= 4 is 5.78 Å². The standard InChI is InChI=1S/C18H20FNO/c1-11-9-12(2)16(15(19)10-11)18(21)13(3)17(20)14-7-5-4-6-8-14/h4-10,13,17H,20H2,1-3H3. The van der Waals surface area contributed by atoms with Crippen molar-refractivity contribution in [2.24, 2.45) is 11.7 Å². The molecule has 110 valence electrons. The summed E-state index contributed by atoms with van der Waals surface area (Å²) in [5.74, 6) is -1.20. The van der Waals surface area contributed by atoms with Crippen molar-refractivity contribution < 1.29 is 9.18 Å². The van der Waals surface area contributed by atoms with Gasteiger partial charge in [0.05, 0.1) is 5.56 Å². The van der Waals surface area contributed by atoms with Crippen LogP contribution in [-0.4, -0.2) is 5.78 Å². The lowest BCUT2D eigenvalue weighted by Gasteiger charge is -2.20. The van der Waals surface area contributed by atoms with Gasteiger partial charge in [-0.1, -0.05) is 43.3 Å². The van der Waals surface area contributed by atoms with E-state index in [1.165, 1.54) is 6.07 Å². The second kappa shape index (κ2) is 6.19. The molecular weight excluding hydrogens is 265 g/mol. The number of nitrogens with two attached hydrogens (primary N) is 1. The fourth-order valence-corrected chi connectivity index (χ4v) is 2.58. The van der Waals surface area contributed by atoms with E-state index in [-0.39, 0.29) is 11.3 Å². The molecule has 0 aromatic heterocycles. The highest BCUT2D eigenvalue weighted by Crippen LogP contribution is 2.26. The van der Waals surface area contributed by atoms with Gasteiger partial charge in [0.2, 0.25) is 0 Å². The SMILES string of the molecule is Cc1cc(C)c(C(=O)C(C)C(N)c2ccccc2)c(F)c1. The fraction of sp³-hybridized carbons (Fsp3) is 0.278. The molecule has 21 heavy (non-hydrogen) atoms. The van der Waals surface area contributed by atoms with Crippen LogP contribution in [0.2, 0.25) is 0 Å². The van der Waals surface area contributed by atoms with Gasteiger partial charge in [0.1, 0.15) is 5.82 Å². The zero-order valence-corrected chi connectivity index (χ0v) is 12.6. The van der Waals surface area contributed by atoms with Gasteiger partial charge in [0.15, 0.2) is 5.78 Å². The number of hydrogen-bond acceptors (Lipinski definition) is 2. The third-order valence-corrected chi connectivity index (χ3v) is 3.81. The van der Waals surface area contributed by atoms with Gasteiger partial charge < -0.3 is 5.73 Å². The summed E-state index contributed by atoms with van der Waals surface area (Å²) in [5, 5.41) is 0. The molecule has 2 aromatic rings. The second-order valence-electron chi connectivity index (χ2n) is 5.53. The smallest absolute Gasteiger partial charge is 0.170 e. The Morgan fingerprint density at radius 1 is 1.14 bits per heavy atom. The first-order chi connectivity index (χ1) is 9.91. The van der Waals surface area contributed by atoms with Crippen molar-refractivity contribution in [2.75, 3.05) is 0 Å². The van der Waals surface area contributed by atoms with Crippen LogP contribution in [0.15, 0.2) is 42.5 Å². The number of halogens is 1. The maximum Gasteiger partial charge on any atom is 0.170 e. The van der Waals surface area contributed by atoms with Crippen LogP contribution in [-0.2, 0) is 0 Å². The summed E-state index contributed by atoms with van der Waals surface area (Å²) in [6, 6.07) is 12.2. The molecule has 0 aliphatic carbocycles. The molecule has 0 bridgehead atoms. The number of Topliss-reactive ketones (excluding diaryl/α,β-unsaturated/α-hetero) is 1. The van der Waals surface area contributed by atoms with E-state index in [2.05, 4.69) is 0 Å². The van der Waals surface area contributed by atoms with E-state index >= 15 is 0 Å². The van der Waals surface area contributed by atoms with E-state index in [0.29, 0.717) is 5.56 Å².